The Morgan fingerprint density at radius 3 is 2.81 bits per heavy atom. The molecule has 0 radical (unpaired) electrons. The largest absolute Gasteiger partial charge is 0.355 e. The Bertz CT molecular complexity index is 369. The van der Waals surface area contributed by atoms with Crippen molar-refractivity contribution in [1.29, 1.82) is 0 Å². The lowest BCUT2D eigenvalue weighted by atomic mass is 10.1. The fourth-order valence-corrected chi connectivity index (χ4v) is 1.92. The summed E-state index contributed by atoms with van der Waals surface area (Å²) >= 11 is 0. The van der Waals surface area contributed by atoms with Gasteiger partial charge in [-0.05, 0) is 33.0 Å². The summed E-state index contributed by atoms with van der Waals surface area (Å²) in [6.45, 7) is 1.98. The molecule has 5 heteroatoms. The van der Waals surface area contributed by atoms with Gasteiger partial charge in [0.25, 0.3) is 5.91 Å². The third kappa shape index (κ3) is 2.61. The maximum atomic E-state index is 12.7. The van der Waals surface area contributed by atoms with Gasteiger partial charge in [-0.2, -0.15) is 0 Å². The third-order valence-corrected chi connectivity index (χ3v) is 2.95. The maximum absolute atomic E-state index is 12.7. The van der Waals surface area contributed by atoms with Crippen molar-refractivity contribution in [1.82, 2.24) is 15.2 Å². The molecule has 2 heterocycles. The van der Waals surface area contributed by atoms with E-state index in [2.05, 4.69) is 22.2 Å². The lowest BCUT2D eigenvalue weighted by Gasteiger charge is -2.29. The molecule has 1 aromatic rings. The zero-order valence-electron chi connectivity index (χ0n) is 9.29. The normalized spacial score (nSPS) is 18.6. The summed E-state index contributed by atoms with van der Waals surface area (Å²) in [5, 5.41) is 2.91. The second-order valence-corrected chi connectivity index (χ2v) is 4.28. The lowest BCUT2D eigenvalue weighted by molar-refractivity contribution is 0.0912. The average molecular weight is 225 g/mol. The Morgan fingerprint density at radius 2 is 2.25 bits per heavy atom. The molecular weight excluding hydrogens is 209 g/mol. The van der Waals surface area contributed by atoms with Gasteiger partial charge in [0.1, 0.15) is 11.5 Å². The predicted molar refractivity (Wildman–Crippen MR) is 58.7 cm³/mol. The van der Waals surface area contributed by atoms with Crippen LogP contribution < -0.4 is 5.32 Å². The van der Waals surface area contributed by atoms with Gasteiger partial charge < -0.3 is 15.2 Å². The summed E-state index contributed by atoms with van der Waals surface area (Å²) < 4.78 is 12.7. The molecule has 1 saturated heterocycles. The van der Waals surface area contributed by atoms with Crippen LogP contribution in [0, 0.1) is 5.82 Å². The molecule has 1 amide bonds. The van der Waals surface area contributed by atoms with Crippen molar-refractivity contribution in [3.05, 3.63) is 23.8 Å². The third-order valence-electron chi connectivity index (χ3n) is 2.95. The molecular formula is C11H16FN3O. The molecule has 4 nitrogen and oxygen atoms in total. The minimum Gasteiger partial charge on any atom is -0.355 e. The standard InChI is InChI=1S/C11H16FN3O/c1-15-4-2-9(3-5-15)14-11(16)10-6-8(12)7-13-10/h6-7,9,13H,2-5H2,1H3,(H,14,16). The van der Waals surface area contributed by atoms with Crippen LogP contribution in [0.5, 0.6) is 0 Å². The van der Waals surface area contributed by atoms with Crippen molar-refractivity contribution in [3.8, 4) is 0 Å². The Kier molecular flexibility index (Phi) is 3.24. The molecule has 0 atom stereocenters. The number of amides is 1. The van der Waals surface area contributed by atoms with Gasteiger partial charge in [-0.25, -0.2) is 4.39 Å². The molecule has 0 aromatic carbocycles. The summed E-state index contributed by atoms with van der Waals surface area (Å²) in [4.78, 5) is 16.5. The summed E-state index contributed by atoms with van der Waals surface area (Å²) in [5.74, 6) is -0.632. The first-order valence-electron chi connectivity index (χ1n) is 5.48. The summed E-state index contributed by atoms with van der Waals surface area (Å²) in [5.41, 5.74) is 0.288. The van der Waals surface area contributed by atoms with Crippen LogP contribution in [0.3, 0.4) is 0 Å². The smallest absolute Gasteiger partial charge is 0.268 e. The number of rotatable bonds is 2. The van der Waals surface area contributed by atoms with Crippen LogP contribution in [0.25, 0.3) is 0 Å². The van der Waals surface area contributed by atoms with Crippen LogP contribution >= 0.6 is 0 Å². The zero-order chi connectivity index (χ0) is 11.5. The number of H-pyrrole nitrogens is 1. The maximum Gasteiger partial charge on any atom is 0.268 e. The van der Waals surface area contributed by atoms with E-state index < -0.39 is 5.82 Å². The Labute approximate surface area is 93.8 Å². The van der Waals surface area contributed by atoms with Gasteiger partial charge in [0.2, 0.25) is 0 Å². The highest BCUT2D eigenvalue weighted by atomic mass is 19.1. The molecule has 2 N–H and O–H groups in total. The Balaban J connectivity index is 1.88. The van der Waals surface area contributed by atoms with Gasteiger partial charge in [-0.15, -0.1) is 0 Å². The fraction of sp³-hybridized carbons (Fsp3) is 0.545. The van der Waals surface area contributed by atoms with Gasteiger partial charge in [-0.1, -0.05) is 0 Å². The number of halogens is 1. The van der Waals surface area contributed by atoms with Crippen molar-refractivity contribution in [2.45, 2.75) is 18.9 Å². The van der Waals surface area contributed by atoms with E-state index >= 15 is 0 Å². The first-order chi connectivity index (χ1) is 7.65. The number of piperidine rings is 1. The van der Waals surface area contributed by atoms with Crippen molar-refractivity contribution in [2.24, 2.45) is 0 Å². The number of hydrogen-bond donors (Lipinski definition) is 2. The van der Waals surface area contributed by atoms with Crippen molar-refractivity contribution < 1.29 is 9.18 Å². The summed E-state index contributed by atoms with van der Waals surface area (Å²) in [7, 11) is 2.07. The second-order valence-electron chi connectivity index (χ2n) is 4.28. The number of aromatic nitrogens is 1. The van der Waals surface area contributed by atoms with Gasteiger partial charge >= 0.3 is 0 Å². The van der Waals surface area contributed by atoms with E-state index in [0.717, 1.165) is 25.9 Å². The number of aromatic amines is 1. The predicted octanol–water partition coefficient (Wildman–Crippen LogP) is 0.978. The molecule has 0 bridgehead atoms. The Morgan fingerprint density at radius 1 is 1.56 bits per heavy atom. The minimum absolute atomic E-state index is 0.204. The molecule has 1 aliphatic rings. The quantitative estimate of drug-likeness (QED) is 0.788. The molecule has 1 aromatic heterocycles. The molecule has 1 fully saturated rings. The number of nitrogens with one attached hydrogen (secondary N) is 2. The SMILES string of the molecule is CN1CCC(NC(=O)c2cc(F)c[nH]2)CC1. The van der Waals surface area contributed by atoms with Crippen LogP contribution in [0.2, 0.25) is 0 Å². The number of carbonyl (C=O) groups is 1. The van der Waals surface area contributed by atoms with E-state index in [0.29, 0.717) is 0 Å². The molecule has 0 spiro atoms. The van der Waals surface area contributed by atoms with Gasteiger partial charge in [-0.3, -0.25) is 4.79 Å². The number of likely N-dealkylation sites (tertiary alicyclic amines) is 1. The second kappa shape index (κ2) is 4.65. The fourth-order valence-electron chi connectivity index (χ4n) is 1.92. The lowest BCUT2D eigenvalue weighted by Crippen LogP contribution is -2.43. The number of carbonyl (C=O) groups excluding carboxylic acids is 1. The van der Waals surface area contributed by atoms with Crippen LogP contribution in [-0.4, -0.2) is 42.0 Å². The van der Waals surface area contributed by atoms with Crippen molar-refractivity contribution >= 4 is 5.91 Å². The Hall–Kier alpha value is -1.36. The molecule has 1 aliphatic heterocycles. The molecule has 0 aliphatic carbocycles. The highest BCUT2D eigenvalue weighted by Crippen LogP contribution is 2.09. The number of hydrogen-bond acceptors (Lipinski definition) is 2. The topological polar surface area (TPSA) is 48.1 Å². The van der Waals surface area contributed by atoms with E-state index in [1.165, 1.54) is 12.3 Å². The molecule has 0 saturated carbocycles. The van der Waals surface area contributed by atoms with Crippen LogP contribution in [0.1, 0.15) is 23.3 Å². The van der Waals surface area contributed by atoms with Crippen LogP contribution in [-0.2, 0) is 0 Å². The highest BCUT2D eigenvalue weighted by molar-refractivity contribution is 5.92. The molecule has 88 valence electrons. The zero-order valence-corrected chi connectivity index (χ0v) is 9.29. The van der Waals surface area contributed by atoms with E-state index in [1.54, 1.807) is 0 Å². The van der Waals surface area contributed by atoms with E-state index in [9.17, 15) is 9.18 Å². The van der Waals surface area contributed by atoms with Crippen molar-refractivity contribution in [2.75, 3.05) is 20.1 Å². The first kappa shape index (κ1) is 11.1. The van der Waals surface area contributed by atoms with E-state index in [4.69, 9.17) is 0 Å². The van der Waals surface area contributed by atoms with Crippen LogP contribution in [0.15, 0.2) is 12.3 Å². The average Bonchev–Trinajstić information content (AvgIpc) is 2.68. The molecule has 0 unspecified atom stereocenters. The first-order valence-corrected chi connectivity index (χ1v) is 5.48. The summed E-state index contributed by atoms with van der Waals surface area (Å²) in [6, 6.07) is 1.42. The summed E-state index contributed by atoms with van der Waals surface area (Å²) in [6.07, 6.45) is 3.08. The van der Waals surface area contributed by atoms with E-state index in [1.807, 2.05) is 0 Å². The van der Waals surface area contributed by atoms with Crippen molar-refractivity contribution in [3.63, 3.8) is 0 Å². The molecule has 16 heavy (non-hydrogen) atoms. The number of nitrogens with zero attached hydrogens (tertiary/aromatic N) is 1. The van der Waals surface area contributed by atoms with Gasteiger partial charge in [0.15, 0.2) is 0 Å². The van der Waals surface area contributed by atoms with Gasteiger partial charge in [0, 0.05) is 18.3 Å². The highest BCUT2D eigenvalue weighted by Gasteiger charge is 2.19. The monoisotopic (exact) mass is 225 g/mol. The molecule has 2 rings (SSSR count). The van der Waals surface area contributed by atoms with Gasteiger partial charge in [0.05, 0.1) is 0 Å². The minimum atomic E-state index is -0.409. The van der Waals surface area contributed by atoms with E-state index in [-0.39, 0.29) is 17.6 Å². The van der Waals surface area contributed by atoms with Crippen LogP contribution in [0.4, 0.5) is 4.39 Å².